The number of carbonyl (C=O) groups excluding carboxylic acids is 1. The molecule has 3 N–H and O–H groups in total. The maximum absolute atomic E-state index is 12.1. The number of aromatic nitrogens is 1. The van der Waals surface area contributed by atoms with Gasteiger partial charge in [0.2, 0.25) is 0 Å². The molecular weight excluding hydrogens is 384 g/mol. The van der Waals surface area contributed by atoms with Crippen LogP contribution in [0.15, 0.2) is 54.7 Å². The predicted octanol–water partition coefficient (Wildman–Crippen LogP) is 4.27. The van der Waals surface area contributed by atoms with Gasteiger partial charge < -0.3 is 24.9 Å². The number of aliphatic carboxylic acids is 1. The van der Waals surface area contributed by atoms with Crippen molar-refractivity contribution in [2.45, 2.75) is 45.4 Å². The Labute approximate surface area is 175 Å². The van der Waals surface area contributed by atoms with Crippen molar-refractivity contribution >= 4 is 23.0 Å². The number of aromatic amines is 1. The maximum Gasteiger partial charge on any atom is 0.408 e. The summed E-state index contributed by atoms with van der Waals surface area (Å²) in [5.41, 5.74) is 1.88. The minimum Gasteiger partial charge on any atom is -0.488 e. The fraction of sp³-hybridized carbons (Fsp3) is 0.304. The van der Waals surface area contributed by atoms with Crippen molar-refractivity contribution < 1.29 is 24.2 Å². The SMILES string of the molecule is CC(C)(C)OC(=O)NC(Cc1c[nH]c2cccc(OCc3ccccc3)c12)C(=O)O. The van der Waals surface area contributed by atoms with Crippen LogP contribution in [0.2, 0.25) is 0 Å². The Morgan fingerprint density at radius 3 is 2.50 bits per heavy atom. The summed E-state index contributed by atoms with van der Waals surface area (Å²) < 4.78 is 11.2. The first-order valence-electron chi connectivity index (χ1n) is 9.71. The highest BCUT2D eigenvalue weighted by Gasteiger charge is 2.25. The molecule has 7 nitrogen and oxygen atoms in total. The lowest BCUT2D eigenvalue weighted by Gasteiger charge is -2.22. The largest absolute Gasteiger partial charge is 0.488 e. The van der Waals surface area contributed by atoms with Crippen LogP contribution in [0.3, 0.4) is 0 Å². The van der Waals surface area contributed by atoms with E-state index in [1.54, 1.807) is 27.0 Å². The number of hydrogen-bond donors (Lipinski definition) is 3. The monoisotopic (exact) mass is 410 g/mol. The molecule has 0 fully saturated rings. The van der Waals surface area contributed by atoms with Crippen LogP contribution in [0.1, 0.15) is 31.9 Å². The average molecular weight is 410 g/mol. The number of fused-ring (bicyclic) bond motifs is 1. The number of ether oxygens (including phenoxy) is 2. The third-order valence-corrected chi connectivity index (χ3v) is 4.40. The smallest absolute Gasteiger partial charge is 0.408 e. The van der Waals surface area contributed by atoms with Crippen molar-refractivity contribution in [3.05, 3.63) is 65.9 Å². The number of carboxylic acid groups (broad SMARTS) is 1. The van der Waals surface area contributed by atoms with Crippen molar-refractivity contribution in [2.24, 2.45) is 0 Å². The van der Waals surface area contributed by atoms with Crippen molar-refractivity contribution in [2.75, 3.05) is 0 Å². The molecule has 3 rings (SSSR count). The van der Waals surface area contributed by atoms with E-state index in [2.05, 4.69) is 10.3 Å². The van der Waals surface area contributed by atoms with Gasteiger partial charge in [0.15, 0.2) is 0 Å². The van der Waals surface area contributed by atoms with Crippen LogP contribution >= 0.6 is 0 Å². The van der Waals surface area contributed by atoms with E-state index in [-0.39, 0.29) is 6.42 Å². The second-order valence-electron chi connectivity index (χ2n) is 8.01. The summed E-state index contributed by atoms with van der Waals surface area (Å²) in [4.78, 5) is 27.0. The lowest BCUT2D eigenvalue weighted by Crippen LogP contribution is -2.44. The molecule has 0 aliphatic heterocycles. The lowest BCUT2D eigenvalue weighted by molar-refractivity contribution is -0.139. The van der Waals surface area contributed by atoms with E-state index in [1.807, 2.05) is 48.5 Å². The van der Waals surface area contributed by atoms with Crippen LogP contribution in [0.4, 0.5) is 4.79 Å². The molecule has 1 aromatic heterocycles. The second kappa shape index (κ2) is 8.90. The van der Waals surface area contributed by atoms with E-state index in [1.165, 1.54) is 0 Å². The van der Waals surface area contributed by atoms with E-state index < -0.39 is 23.7 Å². The van der Waals surface area contributed by atoms with Crippen LogP contribution in [0.25, 0.3) is 10.9 Å². The molecule has 0 saturated carbocycles. The normalized spacial score (nSPS) is 12.4. The fourth-order valence-corrected chi connectivity index (χ4v) is 3.11. The fourth-order valence-electron chi connectivity index (χ4n) is 3.11. The summed E-state index contributed by atoms with van der Waals surface area (Å²) in [6.07, 6.45) is 1.06. The molecular formula is C23H26N2O5. The molecule has 0 aliphatic carbocycles. The van der Waals surface area contributed by atoms with Gasteiger partial charge in [-0.05, 0) is 44.0 Å². The molecule has 158 valence electrons. The number of alkyl carbamates (subject to hydrolysis) is 1. The Hall–Kier alpha value is -3.48. The molecule has 2 aromatic carbocycles. The van der Waals surface area contributed by atoms with Gasteiger partial charge in [-0.25, -0.2) is 9.59 Å². The first-order chi connectivity index (χ1) is 14.2. The molecule has 7 heteroatoms. The topological polar surface area (TPSA) is 101 Å². The van der Waals surface area contributed by atoms with E-state index in [0.29, 0.717) is 12.4 Å². The first kappa shape index (κ1) is 21.2. The van der Waals surface area contributed by atoms with E-state index in [0.717, 1.165) is 22.0 Å². The van der Waals surface area contributed by atoms with Crippen molar-refractivity contribution in [3.63, 3.8) is 0 Å². The lowest BCUT2D eigenvalue weighted by atomic mass is 10.0. The standard InChI is InChI=1S/C23H26N2O5/c1-23(2,3)30-22(28)25-18(21(26)27)12-16-13-24-17-10-7-11-19(20(16)17)29-14-15-8-5-4-6-9-15/h4-11,13,18,24H,12,14H2,1-3H3,(H,25,28)(H,26,27). The van der Waals surface area contributed by atoms with Crippen molar-refractivity contribution in [1.82, 2.24) is 10.3 Å². The molecule has 0 spiro atoms. The Bertz CT molecular complexity index is 1020. The van der Waals surface area contributed by atoms with Gasteiger partial charge in [-0.1, -0.05) is 36.4 Å². The van der Waals surface area contributed by atoms with Gasteiger partial charge in [-0.3, -0.25) is 0 Å². The molecule has 1 amide bonds. The molecule has 1 atom stereocenters. The van der Waals surface area contributed by atoms with Crippen molar-refractivity contribution in [1.29, 1.82) is 0 Å². The molecule has 1 heterocycles. The number of rotatable bonds is 7. The summed E-state index contributed by atoms with van der Waals surface area (Å²) in [5, 5.41) is 12.8. The average Bonchev–Trinajstić information content (AvgIpc) is 3.08. The molecule has 0 aliphatic rings. The Morgan fingerprint density at radius 2 is 1.83 bits per heavy atom. The van der Waals surface area contributed by atoms with Gasteiger partial charge >= 0.3 is 12.1 Å². The van der Waals surface area contributed by atoms with Gasteiger partial charge in [-0.15, -0.1) is 0 Å². The number of carbonyl (C=O) groups is 2. The minimum absolute atomic E-state index is 0.0836. The van der Waals surface area contributed by atoms with Gasteiger partial charge in [-0.2, -0.15) is 0 Å². The number of H-pyrrole nitrogens is 1. The maximum atomic E-state index is 12.1. The quantitative estimate of drug-likeness (QED) is 0.540. The van der Waals surface area contributed by atoms with Crippen LogP contribution in [0, 0.1) is 0 Å². The summed E-state index contributed by atoms with van der Waals surface area (Å²) in [7, 11) is 0. The van der Waals surface area contributed by atoms with E-state index in [4.69, 9.17) is 9.47 Å². The molecule has 1 unspecified atom stereocenters. The third-order valence-electron chi connectivity index (χ3n) is 4.40. The molecule has 0 radical (unpaired) electrons. The molecule has 0 bridgehead atoms. The predicted molar refractivity (Wildman–Crippen MR) is 114 cm³/mol. The number of benzene rings is 2. The first-order valence-corrected chi connectivity index (χ1v) is 9.71. The van der Waals surface area contributed by atoms with Crippen LogP contribution in [0.5, 0.6) is 5.75 Å². The van der Waals surface area contributed by atoms with E-state index >= 15 is 0 Å². The van der Waals surface area contributed by atoms with Gasteiger partial charge in [0.1, 0.15) is 24.0 Å². The third kappa shape index (κ3) is 5.53. The summed E-state index contributed by atoms with van der Waals surface area (Å²) in [5.74, 6) is -0.494. The van der Waals surface area contributed by atoms with Crippen LogP contribution in [-0.4, -0.2) is 33.8 Å². The summed E-state index contributed by atoms with van der Waals surface area (Å²) >= 11 is 0. The van der Waals surface area contributed by atoms with Gasteiger partial charge in [0.25, 0.3) is 0 Å². The zero-order valence-electron chi connectivity index (χ0n) is 17.3. The van der Waals surface area contributed by atoms with E-state index in [9.17, 15) is 14.7 Å². The second-order valence-corrected chi connectivity index (χ2v) is 8.01. The van der Waals surface area contributed by atoms with Crippen molar-refractivity contribution in [3.8, 4) is 5.75 Å². The molecule has 30 heavy (non-hydrogen) atoms. The Kier molecular flexibility index (Phi) is 6.30. The van der Waals surface area contributed by atoms with Gasteiger partial charge in [0, 0.05) is 23.5 Å². The zero-order chi connectivity index (χ0) is 21.7. The highest BCUT2D eigenvalue weighted by molar-refractivity contribution is 5.90. The highest BCUT2D eigenvalue weighted by Crippen LogP contribution is 2.30. The van der Waals surface area contributed by atoms with Crippen LogP contribution < -0.4 is 10.1 Å². The summed E-state index contributed by atoms with van der Waals surface area (Å²) in [6.45, 7) is 5.55. The zero-order valence-corrected chi connectivity index (χ0v) is 17.3. The Morgan fingerprint density at radius 1 is 1.10 bits per heavy atom. The number of amides is 1. The Balaban J connectivity index is 1.80. The molecule has 3 aromatic rings. The van der Waals surface area contributed by atoms with Gasteiger partial charge in [0.05, 0.1) is 0 Å². The molecule has 0 saturated heterocycles. The highest BCUT2D eigenvalue weighted by atomic mass is 16.6. The summed E-state index contributed by atoms with van der Waals surface area (Å²) in [6, 6.07) is 14.3. The number of hydrogen-bond acceptors (Lipinski definition) is 4. The minimum atomic E-state index is -1.14. The van der Waals surface area contributed by atoms with Crippen LogP contribution in [-0.2, 0) is 22.6 Å². The number of carboxylic acids is 1. The number of nitrogens with one attached hydrogen (secondary N) is 2.